The van der Waals surface area contributed by atoms with Crippen LogP contribution in [0.5, 0.6) is 5.75 Å². The van der Waals surface area contributed by atoms with Gasteiger partial charge in [-0.3, -0.25) is 9.59 Å². The summed E-state index contributed by atoms with van der Waals surface area (Å²) >= 11 is 0. The van der Waals surface area contributed by atoms with Crippen LogP contribution < -0.4 is 16.1 Å². The number of carbonyl (C=O) groups excluding carboxylic acids is 2. The molecule has 1 aromatic carbocycles. The van der Waals surface area contributed by atoms with Crippen molar-refractivity contribution in [2.45, 2.75) is 51.5 Å². The second-order valence-corrected chi connectivity index (χ2v) is 7.90. The minimum Gasteiger partial charge on any atom is -0.535 e. The molecule has 0 saturated heterocycles. The Morgan fingerprint density at radius 3 is 2.80 bits per heavy atom. The summed E-state index contributed by atoms with van der Waals surface area (Å²) in [4.78, 5) is 28.7. The van der Waals surface area contributed by atoms with E-state index in [9.17, 15) is 14.6 Å². The zero-order valence-corrected chi connectivity index (χ0v) is 17.2. The van der Waals surface area contributed by atoms with E-state index in [1.165, 1.54) is 11.6 Å². The SMILES string of the molecule is CC(=O)c1cccc2c1OB(O)[C@@H](CC(=O)C(C)(C)n1cc(CN=C(N)N)nn1)C2. The number of carbonyl (C=O) groups is 2. The zero-order chi connectivity index (χ0) is 22.1. The molecule has 0 fully saturated rings. The van der Waals surface area contributed by atoms with Crippen molar-refractivity contribution < 1.29 is 19.3 Å². The minimum absolute atomic E-state index is 0.0561. The van der Waals surface area contributed by atoms with E-state index in [1.54, 1.807) is 32.2 Å². The number of Topliss-reactive ketones (excluding diaryl/α,β-unsaturated/α-hetero) is 2. The number of hydrogen-bond acceptors (Lipinski definition) is 7. The molecule has 0 saturated carbocycles. The van der Waals surface area contributed by atoms with E-state index in [2.05, 4.69) is 15.3 Å². The van der Waals surface area contributed by atoms with Crippen molar-refractivity contribution >= 4 is 24.6 Å². The maximum Gasteiger partial charge on any atom is 0.526 e. The Morgan fingerprint density at radius 1 is 1.40 bits per heavy atom. The Balaban J connectivity index is 1.74. The lowest BCUT2D eigenvalue weighted by Gasteiger charge is -2.30. The number of hydrogen-bond donors (Lipinski definition) is 3. The summed E-state index contributed by atoms with van der Waals surface area (Å²) in [5, 5.41) is 18.5. The summed E-state index contributed by atoms with van der Waals surface area (Å²) in [6.45, 7) is 5.07. The van der Waals surface area contributed by atoms with Crippen LogP contribution in [0.4, 0.5) is 0 Å². The molecule has 158 valence electrons. The highest BCUT2D eigenvalue weighted by Crippen LogP contribution is 2.37. The van der Waals surface area contributed by atoms with Crippen LogP contribution in [0, 0.1) is 0 Å². The highest BCUT2D eigenvalue weighted by molar-refractivity contribution is 6.47. The summed E-state index contributed by atoms with van der Waals surface area (Å²) < 4.78 is 7.09. The summed E-state index contributed by atoms with van der Waals surface area (Å²) in [5.74, 6) is -0.395. The topological polar surface area (TPSA) is 159 Å². The van der Waals surface area contributed by atoms with Crippen LogP contribution in [0.25, 0.3) is 0 Å². The molecule has 5 N–H and O–H groups in total. The monoisotopic (exact) mass is 412 g/mol. The molecule has 2 aromatic rings. The maximum atomic E-state index is 13.1. The molecule has 1 aliphatic heterocycles. The molecule has 3 rings (SSSR count). The molecular weight excluding hydrogens is 387 g/mol. The number of aliphatic imine (C=N–C) groups is 1. The van der Waals surface area contributed by atoms with Gasteiger partial charge in [0.2, 0.25) is 0 Å². The first-order chi connectivity index (χ1) is 14.1. The standard InChI is InChI=1S/C19H25BN6O4/c1-11(27)15-6-4-5-12-7-13(20(29)30-17(12)15)8-16(28)19(2,3)26-10-14(24-25-26)9-23-18(21)22/h4-6,10,13,29H,7-9H2,1-3H3,(H4,21,22,23)/t13-/m1/s1. The van der Waals surface area contributed by atoms with Crippen LogP contribution in [-0.2, 0) is 23.3 Å². The van der Waals surface area contributed by atoms with E-state index >= 15 is 0 Å². The highest BCUT2D eigenvalue weighted by atomic mass is 16.5. The molecule has 2 heterocycles. The molecule has 30 heavy (non-hydrogen) atoms. The summed E-state index contributed by atoms with van der Waals surface area (Å²) in [5.41, 5.74) is 11.4. The van der Waals surface area contributed by atoms with Crippen LogP contribution in [0.3, 0.4) is 0 Å². The fraction of sp³-hybridized carbons (Fsp3) is 0.421. The van der Waals surface area contributed by atoms with Gasteiger partial charge in [-0.15, -0.1) is 5.10 Å². The number of aromatic nitrogens is 3. The number of fused-ring (bicyclic) bond motifs is 1. The van der Waals surface area contributed by atoms with E-state index in [4.69, 9.17) is 16.1 Å². The first-order valence-corrected chi connectivity index (χ1v) is 9.57. The fourth-order valence-electron chi connectivity index (χ4n) is 3.37. The van der Waals surface area contributed by atoms with E-state index in [-0.39, 0.29) is 30.5 Å². The van der Waals surface area contributed by atoms with Crippen molar-refractivity contribution in [3.63, 3.8) is 0 Å². The summed E-state index contributed by atoms with van der Waals surface area (Å²) in [6, 6.07) is 5.27. The molecule has 0 bridgehead atoms. The lowest BCUT2D eigenvalue weighted by molar-refractivity contribution is -0.126. The van der Waals surface area contributed by atoms with Crippen LogP contribution in [0.2, 0.25) is 5.82 Å². The van der Waals surface area contributed by atoms with E-state index in [1.807, 2.05) is 6.07 Å². The largest absolute Gasteiger partial charge is 0.535 e. The van der Waals surface area contributed by atoms with Gasteiger partial charge in [0.05, 0.1) is 18.3 Å². The summed E-state index contributed by atoms with van der Waals surface area (Å²) in [6.07, 6.45) is 2.11. The minimum atomic E-state index is -1.19. The van der Waals surface area contributed by atoms with Gasteiger partial charge >= 0.3 is 7.12 Å². The molecule has 0 radical (unpaired) electrons. The van der Waals surface area contributed by atoms with E-state index in [0.717, 1.165) is 5.56 Å². The predicted molar refractivity (Wildman–Crippen MR) is 111 cm³/mol. The summed E-state index contributed by atoms with van der Waals surface area (Å²) in [7, 11) is -1.19. The number of nitrogens with two attached hydrogens (primary N) is 2. The van der Waals surface area contributed by atoms with Gasteiger partial charge in [0.15, 0.2) is 17.5 Å². The third-order valence-corrected chi connectivity index (χ3v) is 5.27. The Morgan fingerprint density at radius 2 is 2.13 bits per heavy atom. The molecule has 1 atom stereocenters. The highest BCUT2D eigenvalue weighted by Gasteiger charge is 2.41. The van der Waals surface area contributed by atoms with Gasteiger partial charge in [-0.25, -0.2) is 9.67 Å². The Kier molecular flexibility index (Phi) is 5.93. The Labute approximate surface area is 174 Å². The first kappa shape index (κ1) is 21.5. The normalized spacial score (nSPS) is 15.9. The third-order valence-electron chi connectivity index (χ3n) is 5.27. The molecule has 0 amide bonds. The van der Waals surface area contributed by atoms with Gasteiger partial charge in [0.1, 0.15) is 17.0 Å². The average molecular weight is 412 g/mol. The zero-order valence-electron chi connectivity index (χ0n) is 17.2. The second kappa shape index (κ2) is 8.27. The third kappa shape index (κ3) is 4.35. The number of para-hydroxylation sites is 1. The molecule has 1 aliphatic rings. The van der Waals surface area contributed by atoms with E-state index < -0.39 is 18.5 Å². The second-order valence-electron chi connectivity index (χ2n) is 7.90. The van der Waals surface area contributed by atoms with Crippen LogP contribution in [0.1, 0.15) is 48.8 Å². The number of rotatable bonds is 7. The number of ketones is 2. The fourth-order valence-corrected chi connectivity index (χ4v) is 3.37. The van der Waals surface area contributed by atoms with Gasteiger partial charge in [-0.1, -0.05) is 17.3 Å². The number of benzene rings is 1. The van der Waals surface area contributed by atoms with Crippen LogP contribution in [-0.4, -0.2) is 44.7 Å². The van der Waals surface area contributed by atoms with Gasteiger partial charge < -0.3 is 21.1 Å². The van der Waals surface area contributed by atoms with Crippen molar-refractivity contribution in [3.8, 4) is 5.75 Å². The van der Waals surface area contributed by atoms with Crippen molar-refractivity contribution in [2.24, 2.45) is 16.5 Å². The van der Waals surface area contributed by atoms with Crippen molar-refractivity contribution in [1.82, 2.24) is 15.0 Å². The quantitative estimate of drug-likeness (QED) is 0.256. The molecule has 11 heteroatoms. The van der Waals surface area contributed by atoms with Gasteiger partial charge in [0, 0.05) is 12.2 Å². The van der Waals surface area contributed by atoms with Crippen molar-refractivity contribution in [3.05, 3.63) is 41.2 Å². The average Bonchev–Trinajstić information content (AvgIpc) is 3.16. The smallest absolute Gasteiger partial charge is 0.526 e. The number of guanidine groups is 1. The van der Waals surface area contributed by atoms with Crippen LogP contribution in [0.15, 0.2) is 29.4 Å². The lowest BCUT2D eigenvalue weighted by Crippen LogP contribution is -2.41. The molecule has 10 nitrogen and oxygen atoms in total. The maximum absolute atomic E-state index is 13.1. The molecule has 0 unspecified atom stereocenters. The Bertz CT molecular complexity index is 999. The predicted octanol–water partition coefficient (Wildman–Crippen LogP) is 0.434. The van der Waals surface area contributed by atoms with E-state index in [0.29, 0.717) is 23.4 Å². The van der Waals surface area contributed by atoms with Crippen molar-refractivity contribution in [1.29, 1.82) is 0 Å². The van der Waals surface area contributed by atoms with Crippen LogP contribution >= 0.6 is 0 Å². The lowest BCUT2D eigenvalue weighted by atomic mass is 9.63. The number of nitrogens with zero attached hydrogens (tertiary/aromatic N) is 4. The molecular formula is C19H25BN6O4. The van der Waals surface area contributed by atoms with Gasteiger partial charge in [-0.2, -0.15) is 0 Å². The van der Waals surface area contributed by atoms with Crippen molar-refractivity contribution in [2.75, 3.05) is 0 Å². The molecule has 0 aliphatic carbocycles. The van der Waals surface area contributed by atoms with Gasteiger partial charge in [-0.05, 0) is 38.8 Å². The van der Waals surface area contributed by atoms with Gasteiger partial charge in [0.25, 0.3) is 0 Å². The Hall–Kier alpha value is -3.21. The molecule has 1 aromatic heterocycles. The molecule has 0 spiro atoms. The first-order valence-electron chi connectivity index (χ1n) is 9.57.